The number of hydrogen-bond donors (Lipinski definition) is 0. The molecule has 0 atom stereocenters. The Balaban J connectivity index is 2.06. The maximum atomic E-state index is 14.4. The summed E-state index contributed by atoms with van der Waals surface area (Å²) in [7, 11) is 1.95. The summed E-state index contributed by atoms with van der Waals surface area (Å²) in [5, 5.41) is 0. The summed E-state index contributed by atoms with van der Waals surface area (Å²) in [4.78, 5) is 0.736. The van der Waals surface area contributed by atoms with E-state index in [1.165, 1.54) is 11.3 Å². The standard InChI is InChI=1S/C18H14BF2S/c1-11-3-5-12(6-4-11)13-7-8-14(18(21)17(13)20)15-9-10-16(19-2)22-15/h3-10H,1-2H3. The fourth-order valence-corrected chi connectivity index (χ4v) is 3.26. The third kappa shape index (κ3) is 2.71. The molecule has 22 heavy (non-hydrogen) atoms. The Morgan fingerprint density at radius 2 is 1.45 bits per heavy atom. The van der Waals surface area contributed by atoms with Gasteiger partial charge in [0.05, 0.1) is 0 Å². The van der Waals surface area contributed by atoms with E-state index in [4.69, 9.17) is 0 Å². The van der Waals surface area contributed by atoms with Crippen LogP contribution in [-0.2, 0) is 0 Å². The highest BCUT2D eigenvalue weighted by Gasteiger charge is 2.16. The van der Waals surface area contributed by atoms with Crippen molar-refractivity contribution < 1.29 is 8.78 Å². The van der Waals surface area contributed by atoms with Crippen molar-refractivity contribution in [2.24, 2.45) is 0 Å². The van der Waals surface area contributed by atoms with Gasteiger partial charge in [-0.25, -0.2) is 8.78 Å². The monoisotopic (exact) mass is 311 g/mol. The zero-order chi connectivity index (χ0) is 15.7. The minimum atomic E-state index is -0.795. The highest BCUT2D eigenvalue weighted by molar-refractivity contribution is 7.24. The molecule has 0 nitrogen and oxygen atoms in total. The number of halogens is 2. The highest BCUT2D eigenvalue weighted by Crippen LogP contribution is 2.33. The fraction of sp³-hybridized carbons (Fsp3) is 0.111. The predicted molar refractivity (Wildman–Crippen MR) is 91.1 cm³/mol. The van der Waals surface area contributed by atoms with E-state index in [2.05, 4.69) is 0 Å². The smallest absolute Gasteiger partial charge is 0.168 e. The van der Waals surface area contributed by atoms with Gasteiger partial charge >= 0.3 is 0 Å². The minimum Gasteiger partial charge on any atom is -0.203 e. The van der Waals surface area contributed by atoms with E-state index in [9.17, 15) is 8.78 Å². The van der Waals surface area contributed by atoms with Crippen LogP contribution < -0.4 is 4.78 Å². The van der Waals surface area contributed by atoms with Gasteiger partial charge in [0.15, 0.2) is 18.9 Å². The van der Waals surface area contributed by atoms with Crippen molar-refractivity contribution in [2.75, 3.05) is 0 Å². The molecule has 0 saturated carbocycles. The van der Waals surface area contributed by atoms with Gasteiger partial charge in [0.2, 0.25) is 0 Å². The molecule has 1 aromatic heterocycles. The van der Waals surface area contributed by atoms with Gasteiger partial charge in [-0.3, -0.25) is 0 Å². The molecule has 1 radical (unpaired) electrons. The molecule has 3 aromatic rings. The van der Waals surface area contributed by atoms with Crippen molar-refractivity contribution in [1.29, 1.82) is 0 Å². The largest absolute Gasteiger partial charge is 0.203 e. The summed E-state index contributed by atoms with van der Waals surface area (Å²) in [5.74, 6) is -1.58. The summed E-state index contributed by atoms with van der Waals surface area (Å²) in [6, 6.07) is 14.4. The zero-order valence-corrected chi connectivity index (χ0v) is 13.2. The first-order chi connectivity index (χ1) is 10.6. The van der Waals surface area contributed by atoms with E-state index in [-0.39, 0.29) is 0 Å². The molecule has 0 aliphatic carbocycles. The molecule has 4 heteroatoms. The Morgan fingerprint density at radius 3 is 2.09 bits per heavy atom. The molecule has 0 fully saturated rings. The van der Waals surface area contributed by atoms with Crippen molar-refractivity contribution in [2.45, 2.75) is 13.7 Å². The molecule has 109 valence electrons. The van der Waals surface area contributed by atoms with Crippen LogP contribution in [0.2, 0.25) is 6.82 Å². The molecule has 0 N–H and O–H groups in total. The van der Waals surface area contributed by atoms with E-state index in [0.717, 1.165) is 15.2 Å². The van der Waals surface area contributed by atoms with Crippen LogP contribution in [-0.4, -0.2) is 7.28 Å². The summed E-state index contributed by atoms with van der Waals surface area (Å²) in [5.41, 5.74) is 2.37. The van der Waals surface area contributed by atoms with Crippen LogP contribution in [0.3, 0.4) is 0 Å². The van der Waals surface area contributed by atoms with E-state index < -0.39 is 11.6 Å². The lowest BCUT2D eigenvalue weighted by molar-refractivity contribution is 0.514. The van der Waals surface area contributed by atoms with E-state index in [0.29, 0.717) is 16.7 Å². The normalized spacial score (nSPS) is 10.7. The first-order valence-corrected chi connectivity index (χ1v) is 7.86. The third-order valence-corrected chi connectivity index (χ3v) is 4.81. The second-order valence-electron chi connectivity index (χ2n) is 5.15. The zero-order valence-electron chi connectivity index (χ0n) is 12.4. The van der Waals surface area contributed by atoms with Gasteiger partial charge in [0.1, 0.15) is 0 Å². The molecule has 0 amide bonds. The van der Waals surface area contributed by atoms with Crippen molar-refractivity contribution >= 4 is 23.4 Å². The fourth-order valence-electron chi connectivity index (χ4n) is 2.35. The average Bonchev–Trinajstić information content (AvgIpc) is 3.00. The van der Waals surface area contributed by atoms with Gasteiger partial charge < -0.3 is 0 Å². The molecule has 0 unspecified atom stereocenters. The van der Waals surface area contributed by atoms with Crippen LogP contribution in [0.4, 0.5) is 8.78 Å². The lowest BCUT2D eigenvalue weighted by Gasteiger charge is -2.08. The van der Waals surface area contributed by atoms with Gasteiger partial charge in [0.25, 0.3) is 0 Å². The quantitative estimate of drug-likeness (QED) is 0.594. The van der Waals surface area contributed by atoms with Crippen molar-refractivity contribution in [1.82, 2.24) is 0 Å². The summed E-state index contributed by atoms with van der Waals surface area (Å²) in [6.45, 7) is 3.88. The Bertz CT molecular complexity index is 806. The Labute approximate surface area is 133 Å². The van der Waals surface area contributed by atoms with Crippen molar-refractivity contribution in [3.05, 3.63) is 65.7 Å². The molecule has 0 aliphatic rings. The molecular formula is C18H14BF2S. The van der Waals surface area contributed by atoms with Crippen molar-refractivity contribution in [3.63, 3.8) is 0 Å². The van der Waals surface area contributed by atoms with Crippen LogP contribution in [0.15, 0.2) is 48.5 Å². The van der Waals surface area contributed by atoms with E-state index in [1.807, 2.05) is 57.4 Å². The van der Waals surface area contributed by atoms with Gasteiger partial charge in [-0.05, 0) is 29.4 Å². The molecule has 0 spiro atoms. The maximum absolute atomic E-state index is 14.4. The molecular weight excluding hydrogens is 297 g/mol. The van der Waals surface area contributed by atoms with Gasteiger partial charge in [-0.2, -0.15) is 11.3 Å². The number of hydrogen-bond acceptors (Lipinski definition) is 1. The molecule has 0 saturated heterocycles. The highest BCUT2D eigenvalue weighted by atomic mass is 32.1. The lowest BCUT2D eigenvalue weighted by Crippen LogP contribution is -2.01. The predicted octanol–water partition coefficient (Wildman–Crippen LogP) is 5.05. The topological polar surface area (TPSA) is 0 Å². The van der Waals surface area contributed by atoms with Gasteiger partial charge in [-0.15, -0.1) is 0 Å². The average molecular weight is 311 g/mol. The van der Waals surface area contributed by atoms with Crippen LogP contribution >= 0.6 is 11.3 Å². The van der Waals surface area contributed by atoms with Gasteiger partial charge in [0, 0.05) is 16.0 Å². The molecule has 0 aliphatic heterocycles. The van der Waals surface area contributed by atoms with Crippen LogP contribution in [0, 0.1) is 18.6 Å². The first-order valence-electron chi connectivity index (χ1n) is 7.04. The molecule has 3 rings (SSSR count). The second kappa shape index (κ2) is 6.05. The number of thiophene rings is 1. The Morgan fingerprint density at radius 1 is 0.818 bits per heavy atom. The van der Waals surface area contributed by atoms with Crippen LogP contribution in [0.5, 0.6) is 0 Å². The first kappa shape index (κ1) is 15.0. The maximum Gasteiger partial charge on any atom is 0.168 e. The van der Waals surface area contributed by atoms with E-state index >= 15 is 0 Å². The number of rotatable bonds is 3. The van der Waals surface area contributed by atoms with Crippen molar-refractivity contribution in [3.8, 4) is 21.6 Å². The number of aryl methyl sites for hydroxylation is 1. The third-order valence-electron chi connectivity index (χ3n) is 3.62. The molecule has 2 aromatic carbocycles. The summed E-state index contributed by atoms with van der Waals surface area (Å²) < 4.78 is 29.9. The Hall–Kier alpha value is -1.94. The van der Waals surface area contributed by atoms with E-state index in [1.54, 1.807) is 12.1 Å². The molecule has 0 bridgehead atoms. The lowest BCUT2D eigenvalue weighted by atomic mass is 9.81. The summed E-state index contributed by atoms with van der Waals surface area (Å²) >= 11 is 1.45. The minimum absolute atomic E-state index is 0.292. The SMILES string of the molecule is C[B]c1ccc(-c2ccc(-c3ccc(C)cc3)c(F)c2F)s1. The molecule has 1 heterocycles. The Kier molecular flexibility index (Phi) is 4.12. The summed E-state index contributed by atoms with van der Waals surface area (Å²) in [6.07, 6.45) is 0. The van der Waals surface area contributed by atoms with Crippen LogP contribution in [0.25, 0.3) is 21.6 Å². The second-order valence-corrected chi connectivity index (χ2v) is 6.26. The van der Waals surface area contributed by atoms with Gasteiger partial charge in [-0.1, -0.05) is 48.8 Å². The number of benzene rings is 2. The van der Waals surface area contributed by atoms with Crippen LogP contribution in [0.1, 0.15) is 5.56 Å².